The summed E-state index contributed by atoms with van der Waals surface area (Å²) in [5.74, 6) is -0.744. The number of halogens is 4. The zero-order valence-corrected chi connectivity index (χ0v) is 17.5. The summed E-state index contributed by atoms with van der Waals surface area (Å²) in [6.45, 7) is 0. The Balaban J connectivity index is 1.37. The van der Waals surface area contributed by atoms with Gasteiger partial charge in [-0.05, 0) is 60.7 Å². The third kappa shape index (κ3) is 4.40. The van der Waals surface area contributed by atoms with Crippen LogP contribution in [0.2, 0.25) is 0 Å². The fourth-order valence-corrected chi connectivity index (χ4v) is 3.40. The van der Waals surface area contributed by atoms with Gasteiger partial charge in [-0.1, -0.05) is 5.21 Å². The molecule has 0 atom stereocenters. The van der Waals surface area contributed by atoms with Gasteiger partial charge in [0.2, 0.25) is 0 Å². The Labute approximate surface area is 194 Å². The molecule has 1 amide bonds. The number of rotatable bonds is 5. The van der Waals surface area contributed by atoms with Gasteiger partial charge in [-0.15, -0.1) is 5.10 Å². The Hall–Kier alpha value is -4.74. The first-order valence-electron chi connectivity index (χ1n) is 10.1. The molecule has 3 heterocycles. The van der Waals surface area contributed by atoms with Crippen LogP contribution in [0.3, 0.4) is 0 Å². The fraction of sp³-hybridized carbons (Fsp3) is 0.0435. The van der Waals surface area contributed by atoms with E-state index in [1.807, 2.05) is 6.07 Å². The van der Waals surface area contributed by atoms with Crippen LogP contribution in [-0.4, -0.2) is 30.9 Å². The smallest absolute Gasteiger partial charge is 0.435 e. The van der Waals surface area contributed by atoms with Crippen molar-refractivity contribution in [2.45, 2.75) is 6.18 Å². The van der Waals surface area contributed by atoms with E-state index in [9.17, 15) is 22.4 Å². The summed E-state index contributed by atoms with van der Waals surface area (Å²) in [4.78, 5) is 19.8. The first-order valence-corrected chi connectivity index (χ1v) is 10.1. The zero-order valence-electron chi connectivity index (χ0n) is 17.5. The number of fused-ring (bicyclic) bond motifs is 1. The largest absolute Gasteiger partial charge is 0.457 e. The summed E-state index contributed by atoms with van der Waals surface area (Å²) in [5, 5.41) is 10.0. The van der Waals surface area contributed by atoms with Crippen LogP contribution in [0.4, 0.5) is 23.2 Å². The lowest BCUT2D eigenvalue weighted by atomic mass is 10.2. The number of benzene rings is 2. The molecule has 0 radical (unpaired) electrons. The molecule has 2 aromatic carbocycles. The monoisotopic (exact) mass is 482 g/mol. The number of aromatic amines is 1. The Morgan fingerprint density at radius 1 is 1.00 bits per heavy atom. The second-order valence-electron chi connectivity index (χ2n) is 7.30. The number of pyridine rings is 1. The number of carbonyl (C=O) groups is 1. The van der Waals surface area contributed by atoms with Crippen molar-refractivity contribution in [3.8, 4) is 17.2 Å². The number of nitrogens with one attached hydrogen (secondary N) is 2. The normalized spacial score (nSPS) is 11.5. The van der Waals surface area contributed by atoms with E-state index in [0.29, 0.717) is 21.8 Å². The number of nitrogens with zero attached hydrogens (tertiary/aromatic N) is 4. The topological polar surface area (TPSA) is 97.7 Å². The van der Waals surface area contributed by atoms with Crippen LogP contribution in [0.25, 0.3) is 16.7 Å². The van der Waals surface area contributed by atoms with Crippen LogP contribution in [-0.2, 0) is 6.18 Å². The van der Waals surface area contributed by atoms with Crippen molar-refractivity contribution in [3.63, 3.8) is 0 Å². The van der Waals surface area contributed by atoms with Gasteiger partial charge < -0.3 is 15.0 Å². The molecule has 2 N–H and O–H groups in total. The number of anilines is 1. The van der Waals surface area contributed by atoms with Gasteiger partial charge in [-0.2, -0.15) is 13.2 Å². The molecular weight excluding hydrogens is 468 g/mol. The molecule has 12 heteroatoms. The number of amides is 1. The molecule has 0 aliphatic rings. The molecule has 5 aromatic rings. The van der Waals surface area contributed by atoms with Crippen LogP contribution in [0.1, 0.15) is 16.2 Å². The first kappa shape index (κ1) is 22.1. The van der Waals surface area contributed by atoms with Crippen molar-refractivity contribution >= 4 is 22.6 Å². The highest BCUT2D eigenvalue weighted by Gasteiger charge is 2.42. The Kier molecular flexibility index (Phi) is 5.40. The van der Waals surface area contributed by atoms with E-state index in [4.69, 9.17) is 4.74 Å². The summed E-state index contributed by atoms with van der Waals surface area (Å²) in [6.07, 6.45) is -1.64. The van der Waals surface area contributed by atoms with Crippen LogP contribution in [0.15, 0.2) is 73.1 Å². The maximum atomic E-state index is 13.8. The first-order chi connectivity index (χ1) is 16.8. The fourth-order valence-electron chi connectivity index (χ4n) is 3.40. The average Bonchev–Trinajstić information content (AvgIpc) is 3.49. The lowest BCUT2D eigenvalue weighted by molar-refractivity contribution is -0.143. The highest BCUT2D eigenvalue weighted by atomic mass is 19.4. The second kappa shape index (κ2) is 8.56. The third-order valence-electron chi connectivity index (χ3n) is 4.99. The van der Waals surface area contributed by atoms with Gasteiger partial charge in [0, 0.05) is 18.1 Å². The molecule has 3 aromatic heterocycles. The maximum Gasteiger partial charge on any atom is 0.435 e. The highest BCUT2D eigenvalue weighted by molar-refractivity contribution is 6.03. The third-order valence-corrected chi connectivity index (χ3v) is 4.99. The molecule has 0 unspecified atom stereocenters. The quantitative estimate of drug-likeness (QED) is 0.330. The second-order valence-corrected chi connectivity index (χ2v) is 7.30. The van der Waals surface area contributed by atoms with Crippen molar-refractivity contribution in [3.05, 3.63) is 90.3 Å². The number of alkyl halides is 3. The van der Waals surface area contributed by atoms with Crippen LogP contribution in [0, 0.1) is 5.82 Å². The summed E-state index contributed by atoms with van der Waals surface area (Å²) >= 11 is 0. The van der Waals surface area contributed by atoms with Crippen molar-refractivity contribution in [2.24, 2.45) is 0 Å². The summed E-state index contributed by atoms with van der Waals surface area (Å²) in [7, 11) is 0. The molecule has 0 aliphatic carbocycles. The molecule has 5 rings (SSSR count). The molecule has 0 aliphatic heterocycles. The maximum absolute atomic E-state index is 13.8. The zero-order chi connectivity index (χ0) is 24.6. The SMILES string of the molecule is O=C(Nc1ccc(Oc2ccnc3[nH]ccc23)cc1)c1nnn(-c2ccc(F)cc2)c1C(F)(F)F. The summed E-state index contributed by atoms with van der Waals surface area (Å²) in [6, 6.07) is 13.7. The number of hydrogen-bond donors (Lipinski definition) is 2. The molecule has 0 fully saturated rings. The van der Waals surface area contributed by atoms with Crippen LogP contribution >= 0.6 is 0 Å². The Bertz CT molecular complexity index is 1510. The summed E-state index contributed by atoms with van der Waals surface area (Å²) in [5.41, 5.74) is -1.53. The van der Waals surface area contributed by atoms with Crippen molar-refractivity contribution in [1.82, 2.24) is 25.0 Å². The van der Waals surface area contributed by atoms with Gasteiger partial charge in [0.1, 0.15) is 23.0 Å². The number of aromatic nitrogens is 5. The molecule has 0 bridgehead atoms. The number of ether oxygens (including phenoxy) is 1. The van der Waals surface area contributed by atoms with Gasteiger partial charge in [-0.25, -0.2) is 14.1 Å². The summed E-state index contributed by atoms with van der Waals surface area (Å²) < 4.78 is 60.8. The molecular formula is C23H14F4N6O2. The van der Waals surface area contributed by atoms with Crippen molar-refractivity contribution in [1.29, 1.82) is 0 Å². The number of hydrogen-bond acceptors (Lipinski definition) is 5. The number of H-pyrrole nitrogens is 1. The lowest BCUT2D eigenvalue weighted by Crippen LogP contribution is -2.21. The standard InChI is InChI=1S/C23H14F4N6O2/c24-13-1-5-15(6-2-13)33-20(23(25,26)27)19(31-32-33)22(34)30-14-3-7-16(8-4-14)35-18-10-12-29-21-17(18)9-11-28-21/h1-12H,(H,28,29)(H,30,34). The molecule has 0 saturated heterocycles. The molecule has 35 heavy (non-hydrogen) atoms. The lowest BCUT2D eigenvalue weighted by Gasteiger charge is -2.11. The minimum Gasteiger partial charge on any atom is -0.457 e. The molecule has 0 saturated carbocycles. The van der Waals surface area contributed by atoms with Gasteiger partial charge in [-0.3, -0.25) is 4.79 Å². The minimum absolute atomic E-state index is 0.0978. The van der Waals surface area contributed by atoms with Crippen molar-refractivity contribution in [2.75, 3.05) is 5.32 Å². The van der Waals surface area contributed by atoms with Gasteiger partial charge in [0.25, 0.3) is 5.91 Å². The van der Waals surface area contributed by atoms with E-state index in [1.165, 1.54) is 12.1 Å². The van der Waals surface area contributed by atoms with E-state index in [-0.39, 0.29) is 11.4 Å². The molecule has 0 spiro atoms. The predicted molar refractivity (Wildman–Crippen MR) is 117 cm³/mol. The van der Waals surface area contributed by atoms with Crippen molar-refractivity contribution < 1.29 is 27.1 Å². The van der Waals surface area contributed by atoms with E-state index < -0.39 is 29.3 Å². The van der Waals surface area contributed by atoms with E-state index in [1.54, 1.807) is 30.6 Å². The molecule has 8 nitrogen and oxygen atoms in total. The van der Waals surface area contributed by atoms with Gasteiger partial charge >= 0.3 is 6.18 Å². The highest BCUT2D eigenvalue weighted by Crippen LogP contribution is 2.33. The van der Waals surface area contributed by atoms with Crippen LogP contribution in [0.5, 0.6) is 11.5 Å². The minimum atomic E-state index is -4.95. The Morgan fingerprint density at radius 2 is 1.74 bits per heavy atom. The Morgan fingerprint density at radius 3 is 2.46 bits per heavy atom. The predicted octanol–water partition coefficient (Wildman–Crippen LogP) is 5.35. The van der Waals surface area contributed by atoms with Crippen LogP contribution < -0.4 is 10.1 Å². The molecule has 176 valence electrons. The van der Waals surface area contributed by atoms with E-state index >= 15 is 0 Å². The average molecular weight is 482 g/mol. The van der Waals surface area contributed by atoms with E-state index in [2.05, 4.69) is 25.6 Å². The van der Waals surface area contributed by atoms with Gasteiger partial charge in [0.05, 0.1) is 11.1 Å². The van der Waals surface area contributed by atoms with E-state index in [0.717, 1.165) is 29.7 Å². The number of carbonyl (C=O) groups excluding carboxylic acids is 1. The van der Waals surface area contributed by atoms with Gasteiger partial charge in [0.15, 0.2) is 11.4 Å².